The molecule has 90 valence electrons. The third kappa shape index (κ3) is 2.98. The maximum Gasteiger partial charge on any atom is 0.141 e. The monoisotopic (exact) mass is 294 g/mol. The van der Waals surface area contributed by atoms with Crippen molar-refractivity contribution in [2.45, 2.75) is 31.5 Å². The summed E-state index contributed by atoms with van der Waals surface area (Å²) in [5.74, 6) is 0.830. The van der Waals surface area contributed by atoms with E-state index < -0.39 is 0 Å². The van der Waals surface area contributed by atoms with Crippen LogP contribution in [0.3, 0.4) is 0 Å². The van der Waals surface area contributed by atoms with Gasteiger partial charge in [-0.1, -0.05) is 15.9 Å². The Bertz CT molecular complexity index is 449. The molecule has 3 nitrogen and oxygen atoms in total. The molecule has 0 aromatic carbocycles. The fraction of sp³-hybridized carbons (Fsp3) is 0.538. The molecule has 0 aliphatic heterocycles. The van der Waals surface area contributed by atoms with E-state index in [4.69, 9.17) is 10.00 Å². The van der Waals surface area contributed by atoms with Crippen molar-refractivity contribution in [3.8, 4) is 11.8 Å². The molecule has 0 N–H and O–H groups in total. The van der Waals surface area contributed by atoms with Gasteiger partial charge in [-0.05, 0) is 31.9 Å². The Morgan fingerprint density at radius 3 is 2.88 bits per heavy atom. The molecule has 1 aliphatic carbocycles. The highest BCUT2D eigenvalue weighted by atomic mass is 79.9. The lowest BCUT2D eigenvalue weighted by atomic mass is 10.1. The largest absolute Gasteiger partial charge is 0.491 e. The summed E-state index contributed by atoms with van der Waals surface area (Å²) in [6, 6.07) is 6.15. The van der Waals surface area contributed by atoms with Crippen LogP contribution in [0.1, 0.15) is 30.7 Å². The number of nitriles is 1. The number of nitrogens with zero attached hydrogens (tertiary/aromatic N) is 2. The zero-order chi connectivity index (χ0) is 12.3. The first-order chi connectivity index (χ1) is 8.19. The highest BCUT2D eigenvalue weighted by Crippen LogP contribution is 2.48. The second kappa shape index (κ2) is 5.05. The van der Waals surface area contributed by atoms with Gasteiger partial charge in [-0.3, -0.25) is 4.98 Å². The van der Waals surface area contributed by atoms with Gasteiger partial charge < -0.3 is 4.74 Å². The first kappa shape index (κ1) is 12.4. The molecule has 0 spiro atoms. The van der Waals surface area contributed by atoms with Gasteiger partial charge in [0.2, 0.25) is 0 Å². The van der Waals surface area contributed by atoms with E-state index >= 15 is 0 Å². The standard InChI is InChI=1S/C13H15BrN2O/c1-10-2-3-12(11(8-14)16-10)17-9-13(4-5-13)6-7-15/h2-3H,4-6,8-9H2,1H3. The van der Waals surface area contributed by atoms with Crippen molar-refractivity contribution in [2.24, 2.45) is 5.41 Å². The van der Waals surface area contributed by atoms with Gasteiger partial charge in [0.25, 0.3) is 0 Å². The van der Waals surface area contributed by atoms with Gasteiger partial charge in [0.1, 0.15) is 5.75 Å². The lowest BCUT2D eigenvalue weighted by molar-refractivity contribution is 0.234. The highest BCUT2D eigenvalue weighted by molar-refractivity contribution is 9.08. The molecule has 17 heavy (non-hydrogen) atoms. The van der Waals surface area contributed by atoms with Crippen LogP contribution >= 0.6 is 15.9 Å². The molecule has 0 unspecified atom stereocenters. The maximum atomic E-state index is 8.75. The van der Waals surface area contributed by atoms with Crippen LogP contribution in [0.15, 0.2) is 12.1 Å². The molecule has 1 aromatic rings. The third-order valence-corrected chi connectivity index (χ3v) is 3.67. The minimum atomic E-state index is 0.114. The Labute approximate surface area is 110 Å². The molecule has 0 radical (unpaired) electrons. The van der Waals surface area contributed by atoms with E-state index in [-0.39, 0.29) is 5.41 Å². The molecule has 0 atom stereocenters. The third-order valence-electron chi connectivity index (χ3n) is 3.14. The molecule has 2 rings (SSSR count). The molecular formula is C13H15BrN2O. The van der Waals surface area contributed by atoms with E-state index in [1.54, 1.807) is 0 Å². The van der Waals surface area contributed by atoms with Crippen molar-refractivity contribution in [1.82, 2.24) is 4.98 Å². The number of alkyl halides is 1. The molecule has 1 heterocycles. The zero-order valence-corrected chi connectivity index (χ0v) is 11.5. The molecule has 0 saturated heterocycles. The van der Waals surface area contributed by atoms with Crippen molar-refractivity contribution in [3.63, 3.8) is 0 Å². The smallest absolute Gasteiger partial charge is 0.141 e. The van der Waals surface area contributed by atoms with Crippen LogP contribution in [0.25, 0.3) is 0 Å². The lowest BCUT2D eigenvalue weighted by Gasteiger charge is -2.14. The topological polar surface area (TPSA) is 45.9 Å². The summed E-state index contributed by atoms with van der Waals surface area (Å²) in [6.07, 6.45) is 2.79. The Balaban J connectivity index is 2.02. The number of ether oxygens (including phenoxy) is 1. The normalized spacial score (nSPS) is 16.3. The molecule has 0 bridgehead atoms. The van der Waals surface area contributed by atoms with Crippen LogP contribution in [0.5, 0.6) is 5.75 Å². The number of pyridine rings is 1. The molecule has 1 fully saturated rings. The minimum Gasteiger partial charge on any atom is -0.491 e. The summed E-state index contributed by atoms with van der Waals surface area (Å²) in [5.41, 5.74) is 2.03. The number of aryl methyl sites for hydroxylation is 1. The average Bonchev–Trinajstić information content (AvgIpc) is 3.08. The van der Waals surface area contributed by atoms with Crippen LogP contribution in [0.4, 0.5) is 0 Å². The minimum absolute atomic E-state index is 0.114. The van der Waals surface area contributed by atoms with E-state index in [1.165, 1.54) is 0 Å². The van der Waals surface area contributed by atoms with E-state index in [9.17, 15) is 0 Å². The first-order valence-electron chi connectivity index (χ1n) is 5.71. The maximum absolute atomic E-state index is 8.75. The second-order valence-electron chi connectivity index (χ2n) is 4.65. The van der Waals surface area contributed by atoms with E-state index in [0.717, 1.165) is 30.0 Å². The zero-order valence-electron chi connectivity index (χ0n) is 9.87. The Morgan fingerprint density at radius 2 is 2.29 bits per heavy atom. The van der Waals surface area contributed by atoms with Gasteiger partial charge in [-0.2, -0.15) is 5.26 Å². The number of rotatable bonds is 5. The van der Waals surface area contributed by atoms with Gasteiger partial charge in [-0.25, -0.2) is 0 Å². The van der Waals surface area contributed by atoms with Crippen LogP contribution in [0.2, 0.25) is 0 Å². The molecule has 1 aliphatic rings. The predicted molar refractivity (Wildman–Crippen MR) is 69.0 cm³/mol. The Hall–Kier alpha value is -1.08. The second-order valence-corrected chi connectivity index (χ2v) is 5.22. The summed E-state index contributed by atoms with van der Waals surface area (Å²) >= 11 is 3.41. The van der Waals surface area contributed by atoms with Gasteiger partial charge in [0.05, 0.1) is 18.4 Å². The van der Waals surface area contributed by atoms with Crippen molar-refractivity contribution in [1.29, 1.82) is 5.26 Å². The van der Waals surface area contributed by atoms with Gasteiger partial charge in [0.15, 0.2) is 0 Å². The summed E-state index contributed by atoms with van der Waals surface area (Å²) in [6.45, 7) is 2.60. The fourth-order valence-electron chi connectivity index (χ4n) is 1.77. The summed E-state index contributed by atoms with van der Waals surface area (Å²) in [4.78, 5) is 4.42. The van der Waals surface area contributed by atoms with Crippen molar-refractivity contribution in [2.75, 3.05) is 6.61 Å². The highest BCUT2D eigenvalue weighted by Gasteiger charge is 2.43. The molecule has 4 heteroatoms. The van der Waals surface area contributed by atoms with Crippen molar-refractivity contribution >= 4 is 15.9 Å². The SMILES string of the molecule is Cc1ccc(OCC2(CC#N)CC2)c(CBr)n1. The van der Waals surface area contributed by atoms with E-state index in [1.807, 2.05) is 19.1 Å². The summed E-state index contributed by atoms with van der Waals surface area (Å²) < 4.78 is 5.82. The van der Waals surface area contributed by atoms with Crippen LogP contribution in [-0.2, 0) is 5.33 Å². The number of hydrogen-bond donors (Lipinski definition) is 0. The van der Waals surface area contributed by atoms with Crippen molar-refractivity contribution < 1.29 is 4.74 Å². The summed E-state index contributed by atoms with van der Waals surface area (Å²) in [7, 11) is 0. The van der Waals surface area contributed by atoms with E-state index in [2.05, 4.69) is 27.0 Å². The van der Waals surface area contributed by atoms with Crippen LogP contribution < -0.4 is 4.74 Å². The number of aromatic nitrogens is 1. The van der Waals surface area contributed by atoms with Gasteiger partial charge in [-0.15, -0.1) is 0 Å². The van der Waals surface area contributed by atoms with Gasteiger partial charge in [0, 0.05) is 22.9 Å². The Kier molecular flexibility index (Phi) is 3.68. The molecule has 1 saturated carbocycles. The molecular weight excluding hydrogens is 280 g/mol. The van der Waals surface area contributed by atoms with Crippen LogP contribution in [0, 0.1) is 23.7 Å². The van der Waals surface area contributed by atoms with E-state index in [0.29, 0.717) is 18.4 Å². The van der Waals surface area contributed by atoms with Crippen molar-refractivity contribution in [3.05, 3.63) is 23.5 Å². The summed E-state index contributed by atoms with van der Waals surface area (Å²) in [5, 5.41) is 9.44. The number of hydrogen-bond acceptors (Lipinski definition) is 3. The quantitative estimate of drug-likeness (QED) is 0.782. The lowest BCUT2D eigenvalue weighted by Crippen LogP contribution is -2.13. The van der Waals surface area contributed by atoms with Gasteiger partial charge >= 0.3 is 0 Å². The molecule has 0 amide bonds. The first-order valence-corrected chi connectivity index (χ1v) is 6.83. The Morgan fingerprint density at radius 1 is 1.53 bits per heavy atom. The average molecular weight is 295 g/mol. The molecule has 1 aromatic heterocycles. The fourth-order valence-corrected chi connectivity index (χ4v) is 2.17. The van der Waals surface area contributed by atoms with Crippen LogP contribution in [-0.4, -0.2) is 11.6 Å². The number of halogens is 1. The predicted octanol–water partition coefficient (Wildman–Crippen LogP) is 3.36.